The zero-order chi connectivity index (χ0) is 35.0. The highest BCUT2D eigenvalue weighted by Gasteiger charge is 2.68. The molecule has 0 amide bonds. The van der Waals surface area contributed by atoms with Gasteiger partial charge in [0.15, 0.2) is 0 Å². The zero-order valence-corrected chi connectivity index (χ0v) is 36.7. The normalized spacial score (nSPS) is 63.8. The molecule has 7 aliphatic heterocycles. The van der Waals surface area contributed by atoms with Crippen molar-refractivity contribution in [3.8, 4) is 0 Å². The van der Waals surface area contributed by atoms with E-state index >= 15 is 0 Å². The number of fused-ring (bicyclic) bond motifs is 7. The van der Waals surface area contributed by atoms with Crippen LogP contribution in [0.15, 0.2) is 0 Å². The minimum absolute atomic E-state index is 0.230. The van der Waals surface area contributed by atoms with Crippen LogP contribution in [0.3, 0.4) is 0 Å². The molecule has 2 spiro atoms. The van der Waals surface area contributed by atoms with E-state index in [9.17, 15) is 0 Å². The fourth-order valence-corrected chi connectivity index (χ4v) is 39.6. The Morgan fingerprint density at radius 1 is 0.462 bits per heavy atom. The summed E-state index contributed by atoms with van der Waals surface area (Å²) in [4.78, 5) is 0. The summed E-state index contributed by atoms with van der Waals surface area (Å²) in [5, 5.41) is 0. The maximum absolute atomic E-state index is 7.81. The summed E-state index contributed by atoms with van der Waals surface area (Å²) in [5.74, 6) is 6.77. The molecule has 7 saturated carbocycles. The van der Waals surface area contributed by atoms with Gasteiger partial charge in [-0.25, -0.2) is 0 Å². The van der Waals surface area contributed by atoms with Gasteiger partial charge in [-0.15, -0.1) is 0 Å². The minimum Gasteiger partial charge on any atom is -0.416 e. The van der Waals surface area contributed by atoms with Crippen LogP contribution in [-0.4, -0.2) is 82.1 Å². The molecule has 14 rings (SSSR count). The van der Waals surface area contributed by atoms with Crippen LogP contribution in [0.25, 0.3) is 0 Å². The molecular formula is C40H66O8Si4. The average molecular weight is 787 g/mol. The van der Waals surface area contributed by atoms with Gasteiger partial charge in [-0.2, -0.15) is 0 Å². The molecule has 14 aliphatic rings. The van der Waals surface area contributed by atoms with Crippen LogP contribution in [0.4, 0.5) is 0 Å². The number of ether oxygens (including phenoxy) is 4. The topological polar surface area (TPSA) is 77.1 Å². The first-order valence-corrected chi connectivity index (χ1v) is 32.3. The Morgan fingerprint density at radius 3 is 1.33 bits per heavy atom. The van der Waals surface area contributed by atoms with Crippen molar-refractivity contribution in [3.63, 3.8) is 0 Å². The Morgan fingerprint density at radius 2 is 0.942 bits per heavy atom. The van der Waals surface area contributed by atoms with Crippen molar-refractivity contribution in [1.29, 1.82) is 0 Å². The van der Waals surface area contributed by atoms with Crippen LogP contribution in [0, 0.1) is 53.3 Å². The molecule has 10 bridgehead atoms. The SMILES string of the molecule is CC1OC2CC1CC2CC[Si]1(C)O[Si](C)(CCC2CC34CC(O3)C2C4)O[Si](C)(CCC2CC3C[C@@H]2C2OC32)O[Si](C)(CCC2CC34CC(O3)C2C4)O1. The standard InChI is InChI=1S/C40H66O8Si4/c1-24-29-15-26(34(17-29)41-24)7-11-50(3)47-51(4,12-8-27-18-39-20-32(27)35(22-39)43-39)45-49(2,10-6-25-14-30-16-31(25)38-37(30)42-38)46-52(5,48-50)13-9-28-19-40-21-33(28)36(23-40)44-40/h24-38H,6-23H2,1-5H3/t24?,25?,26?,27?,28?,29?,30?,31-,32?,33?,34?,35?,36?,37?,38?,39?,40?,49?,50?,51?,52?/m0/s1. The molecule has 8 nitrogen and oxygen atoms in total. The second kappa shape index (κ2) is 11.4. The number of epoxide rings is 1. The van der Waals surface area contributed by atoms with Gasteiger partial charge in [0, 0.05) is 12.8 Å². The summed E-state index contributed by atoms with van der Waals surface area (Å²) >= 11 is 0. The largest absolute Gasteiger partial charge is 0.416 e. The summed E-state index contributed by atoms with van der Waals surface area (Å²) in [6, 6.07) is 4.26. The average Bonchev–Trinajstić information content (AvgIpc) is 3.87. The third kappa shape index (κ3) is 5.48. The molecule has 0 aromatic carbocycles. The first-order valence-electron chi connectivity index (χ1n) is 22.3. The predicted octanol–water partition coefficient (Wildman–Crippen LogP) is 8.29. The van der Waals surface area contributed by atoms with Gasteiger partial charge in [0.1, 0.15) is 0 Å². The maximum atomic E-state index is 7.81. The Labute approximate surface area is 316 Å². The third-order valence-corrected chi connectivity index (χ3v) is 36.8. The van der Waals surface area contributed by atoms with Gasteiger partial charge >= 0.3 is 34.2 Å². The molecule has 19 atom stereocenters. The van der Waals surface area contributed by atoms with Crippen molar-refractivity contribution in [2.45, 2.75) is 195 Å². The van der Waals surface area contributed by atoms with Crippen molar-refractivity contribution in [2.24, 2.45) is 53.3 Å². The Kier molecular flexibility index (Phi) is 7.57. The highest BCUT2D eigenvalue weighted by atomic mass is 28.5. The van der Waals surface area contributed by atoms with Gasteiger partial charge in [0.2, 0.25) is 0 Å². The van der Waals surface area contributed by atoms with E-state index in [1.807, 2.05) is 0 Å². The van der Waals surface area contributed by atoms with E-state index in [1.54, 1.807) is 0 Å². The third-order valence-electron chi connectivity index (χ3n) is 18.2. The lowest BCUT2D eigenvalue weighted by molar-refractivity contribution is -0.192. The molecule has 0 N–H and O–H groups in total. The van der Waals surface area contributed by atoms with Crippen LogP contribution in [-0.2, 0) is 35.4 Å². The molecule has 7 heterocycles. The number of hydrogen-bond donors (Lipinski definition) is 0. The van der Waals surface area contributed by atoms with E-state index in [0.29, 0.717) is 42.5 Å². The maximum Gasteiger partial charge on any atom is 0.317 e. The zero-order valence-electron chi connectivity index (χ0n) is 32.7. The molecule has 290 valence electrons. The van der Waals surface area contributed by atoms with E-state index < -0.39 is 34.2 Å². The molecule has 0 aromatic heterocycles. The lowest BCUT2D eigenvalue weighted by Crippen LogP contribution is -2.67. The Hall–Kier alpha value is 0.548. The highest BCUT2D eigenvalue weighted by Crippen LogP contribution is 2.66. The fraction of sp³-hybridized carbons (Fsp3) is 1.00. The Bertz CT molecular complexity index is 1410. The number of rotatable bonds is 12. The highest BCUT2D eigenvalue weighted by molar-refractivity contribution is 6.93. The van der Waals surface area contributed by atoms with E-state index in [-0.39, 0.29) is 11.2 Å². The molecule has 7 aliphatic carbocycles. The first-order chi connectivity index (χ1) is 24.8. The van der Waals surface area contributed by atoms with Crippen molar-refractivity contribution in [1.82, 2.24) is 0 Å². The van der Waals surface area contributed by atoms with Crippen LogP contribution >= 0.6 is 0 Å². The molecular weight excluding hydrogens is 721 g/mol. The van der Waals surface area contributed by atoms with Gasteiger partial charge in [-0.05, 0) is 188 Å². The molecule has 14 fully saturated rings. The smallest absolute Gasteiger partial charge is 0.317 e. The fourth-order valence-electron chi connectivity index (χ4n) is 16.0. The van der Waals surface area contributed by atoms with Crippen molar-refractivity contribution in [2.75, 3.05) is 0 Å². The molecule has 52 heavy (non-hydrogen) atoms. The van der Waals surface area contributed by atoms with Crippen LogP contribution in [0.5, 0.6) is 0 Å². The van der Waals surface area contributed by atoms with Gasteiger partial charge < -0.3 is 35.4 Å². The Balaban J connectivity index is 0.811. The summed E-state index contributed by atoms with van der Waals surface area (Å²) in [6.07, 6.45) is 20.9. The van der Waals surface area contributed by atoms with Gasteiger partial charge in [0.25, 0.3) is 0 Å². The van der Waals surface area contributed by atoms with Crippen LogP contribution in [0.2, 0.25) is 50.4 Å². The summed E-state index contributed by atoms with van der Waals surface area (Å²) < 4.78 is 56.4. The summed E-state index contributed by atoms with van der Waals surface area (Å²) in [6.45, 7) is 12.0. The molecule has 12 heteroatoms. The van der Waals surface area contributed by atoms with E-state index in [2.05, 4.69) is 33.1 Å². The van der Waals surface area contributed by atoms with Gasteiger partial charge in [0.05, 0.1) is 47.8 Å². The van der Waals surface area contributed by atoms with E-state index in [0.717, 1.165) is 77.9 Å². The summed E-state index contributed by atoms with van der Waals surface area (Å²) in [5.41, 5.74) is 0.459. The molecule has 18 unspecified atom stereocenters. The molecule has 0 radical (unpaired) electrons. The minimum atomic E-state index is -2.65. The summed E-state index contributed by atoms with van der Waals surface area (Å²) in [7, 11) is -10.6. The second-order valence-electron chi connectivity index (χ2n) is 21.9. The van der Waals surface area contributed by atoms with Crippen molar-refractivity contribution >= 4 is 34.2 Å². The number of hydrogen-bond acceptors (Lipinski definition) is 8. The monoisotopic (exact) mass is 786 g/mol. The van der Waals surface area contributed by atoms with E-state index in [1.165, 1.54) is 83.5 Å². The van der Waals surface area contributed by atoms with Gasteiger partial charge in [-0.3, -0.25) is 0 Å². The van der Waals surface area contributed by atoms with Gasteiger partial charge in [-0.1, -0.05) is 0 Å². The lowest BCUT2D eigenvalue weighted by Gasteiger charge is -2.52. The van der Waals surface area contributed by atoms with Crippen molar-refractivity contribution in [3.05, 3.63) is 0 Å². The van der Waals surface area contributed by atoms with Crippen LogP contribution < -0.4 is 0 Å². The quantitative estimate of drug-likeness (QED) is 0.145. The van der Waals surface area contributed by atoms with E-state index in [4.69, 9.17) is 35.4 Å². The van der Waals surface area contributed by atoms with Crippen molar-refractivity contribution < 1.29 is 35.4 Å². The second-order valence-corrected chi connectivity index (χ2v) is 36.3. The first kappa shape index (κ1) is 34.6. The van der Waals surface area contributed by atoms with Crippen LogP contribution in [0.1, 0.15) is 96.8 Å². The predicted molar refractivity (Wildman–Crippen MR) is 204 cm³/mol. The molecule has 7 saturated heterocycles. The lowest BCUT2D eigenvalue weighted by atomic mass is 9.79. The molecule has 0 aromatic rings.